The average Bonchev–Trinajstić information content (AvgIpc) is 2.98. The maximum atomic E-state index is 13.2. The van der Waals surface area contributed by atoms with E-state index >= 15 is 0 Å². The molecule has 0 saturated heterocycles. The van der Waals surface area contributed by atoms with Crippen LogP contribution in [0.25, 0.3) is 10.9 Å². The van der Waals surface area contributed by atoms with Gasteiger partial charge in [0.15, 0.2) is 0 Å². The molecule has 4 heteroatoms. The fraction of sp³-hybridized carbons (Fsp3) is 0.400. The summed E-state index contributed by atoms with van der Waals surface area (Å²) in [5.74, 6) is -0.363. The van der Waals surface area contributed by atoms with Crippen molar-refractivity contribution in [1.82, 2.24) is 10.3 Å². The third-order valence-electron chi connectivity index (χ3n) is 3.94. The molecule has 100 valence electrons. The maximum absolute atomic E-state index is 13.2. The van der Waals surface area contributed by atoms with Crippen molar-refractivity contribution in [3.8, 4) is 0 Å². The van der Waals surface area contributed by atoms with Crippen molar-refractivity contribution < 1.29 is 9.18 Å². The minimum absolute atomic E-state index is 0.0824. The molecule has 1 saturated carbocycles. The Kier molecular flexibility index (Phi) is 3.01. The zero-order valence-electron chi connectivity index (χ0n) is 10.9. The number of amides is 1. The topological polar surface area (TPSA) is 44.9 Å². The average molecular weight is 260 g/mol. The van der Waals surface area contributed by atoms with E-state index in [1.165, 1.54) is 25.0 Å². The quantitative estimate of drug-likeness (QED) is 0.855. The monoisotopic (exact) mass is 260 g/mol. The Hall–Kier alpha value is -1.84. The summed E-state index contributed by atoms with van der Waals surface area (Å²) < 4.78 is 13.2. The fourth-order valence-corrected chi connectivity index (χ4v) is 2.85. The summed E-state index contributed by atoms with van der Waals surface area (Å²) in [5, 5.41) is 3.82. The molecule has 0 bridgehead atoms. The molecule has 1 aromatic carbocycles. The van der Waals surface area contributed by atoms with Gasteiger partial charge in [-0.25, -0.2) is 4.39 Å². The molecule has 1 amide bonds. The number of H-pyrrole nitrogens is 1. The molecule has 0 aliphatic heterocycles. The van der Waals surface area contributed by atoms with Gasteiger partial charge in [0.05, 0.1) is 0 Å². The van der Waals surface area contributed by atoms with Gasteiger partial charge in [-0.15, -0.1) is 0 Å². The molecule has 1 aliphatic rings. The summed E-state index contributed by atoms with van der Waals surface area (Å²) >= 11 is 0. The Morgan fingerprint density at radius 1 is 1.37 bits per heavy atom. The SMILES string of the molecule is Cc1c(C(=O)NC2CCCC2)[nH]c2ccc(F)cc12. The van der Waals surface area contributed by atoms with Crippen molar-refractivity contribution in [1.29, 1.82) is 0 Å². The van der Waals surface area contributed by atoms with E-state index in [9.17, 15) is 9.18 Å². The Morgan fingerprint density at radius 2 is 2.11 bits per heavy atom. The van der Waals surface area contributed by atoms with Crippen LogP contribution in [0, 0.1) is 12.7 Å². The Morgan fingerprint density at radius 3 is 2.84 bits per heavy atom. The van der Waals surface area contributed by atoms with E-state index in [1.54, 1.807) is 6.07 Å². The number of aromatic amines is 1. The van der Waals surface area contributed by atoms with E-state index in [0.717, 1.165) is 29.3 Å². The van der Waals surface area contributed by atoms with E-state index in [4.69, 9.17) is 0 Å². The third kappa shape index (κ3) is 2.23. The number of carbonyl (C=O) groups excluding carboxylic acids is 1. The molecule has 0 spiro atoms. The van der Waals surface area contributed by atoms with Crippen LogP contribution < -0.4 is 5.32 Å². The molecule has 1 heterocycles. The lowest BCUT2D eigenvalue weighted by Gasteiger charge is -2.11. The number of rotatable bonds is 2. The van der Waals surface area contributed by atoms with Crippen molar-refractivity contribution in [3.05, 3.63) is 35.3 Å². The number of fused-ring (bicyclic) bond motifs is 1. The second-order valence-corrected chi connectivity index (χ2v) is 5.27. The molecule has 1 aliphatic carbocycles. The van der Waals surface area contributed by atoms with E-state index in [2.05, 4.69) is 10.3 Å². The lowest BCUT2D eigenvalue weighted by molar-refractivity contribution is 0.0933. The van der Waals surface area contributed by atoms with E-state index in [-0.39, 0.29) is 17.8 Å². The minimum Gasteiger partial charge on any atom is -0.350 e. The summed E-state index contributed by atoms with van der Waals surface area (Å²) in [7, 11) is 0. The van der Waals surface area contributed by atoms with Gasteiger partial charge in [0.2, 0.25) is 0 Å². The van der Waals surface area contributed by atoms with Gasteiger partial charge in [-0.05, 0) is 43.5 Å². The number of benzene rings is 1. The van der Waals surface area contributed by atoms with Crippen LogP contribution in [0.2, 0.25) is 0 Å². The zero-order chi connectivity index (χ0) is 13.4. The first-order chi connectivity index (χ1) is 9.15. The second-order valence-electron chi connectivity index (χ2n) is 5.27. The highest BCUT2D eigenvalue weighted by molar-refractivity contribution is 6.01. The predicted octanol–water partition coefficient (Wildman–Crippen LogP) is 3.29. The second kappa shape index (κ2) is 4.68. The summed E-state index contributed by atoms with van der Waals surface area (Å²) in [6.07, 6.45) is 4.48. The molecule has 2 N–H and O–H groups in total. The van der Waals surface area contributed by atoms with Gasteiger partial charge in [0, 0.05) is 16.9 Å². The van der Waals surface area contributed by atoms with Crippen LogP contribution in [0.1, 0.15) is 41.7 Å². The van der Waals surface area contributed by atoms with Crippen molar-refractivity contribution in [2.45, 2.75) is 38.6 Å². The molecule has 1 aromatic heterocycles. The lowest BCUT2D eigenvalue weighted by atomic mass is 10.1. The number of hydrogen-bond acceptors (Lipinski definition) is 1. The van der Waals surface area contributed by atoms with Crippen molar-refractivity contribution in [3.63, 3.8) is 0 Å². The fourth-order valence-electron chi connectivity index (χ4n) is 2.85. The molecular formula is C15H17FN2O. The molecule has 3 nitrogen and oxygen atoms in total. The highest BCUT2D eigenvalue weighted by Crippen LogP contribution is 2.23. The van der Waals surface area contributed by atoms with Crippen LogP contribution in [0.3, 0.4) is 0 Å². The van der Waals surface area contributed by atoms with Gasteiger partial charge in [0.25, 0.3) is 5.91 Å². The highest BCUT2D eigenvalue weighted by Gasteiger charge is 2.21. The Bertz CT molecular complexity index is 626. The van der Waals surface area contributed by atoms with Gasteiger partial charge in [-0.3, -0.25) is 4.79 Å². The maximum Gasteiger partial charge on any atom is 0.268 e. The Labute approximate surface area is 111 Å². The smallest absolute Gasteiger partial charge is 0.268 e. The van der Waals surface area contributed by atoms with Crippen molar-refractivity contribution in [2.75, 3.05) is 0 Å². The third-order valence-corrected chi connectivity index (χ3v) is 3.94. The Balaban J connectivity index is 1.91. The standard InChI is InChI=1S/C15H17FN2O/c1-9-12-8-10(16)6-7-13(12)18-14(9)15(19)17-11-4-2-3-5-11/h6-8,11,18H,2-5H2,1H3,(H,17,19). The summed E-state index contributed by atoms with van der Waals surface area (Å²) in [6, 6.07) is 4.82. The van der Waals surface area contributed by atoms with E-state index < -0.39 is 0 Å². The first kappa shape index (κ1) is 12.2. The van der Waals surface area contributed by atoms with E-state index in [0.29, 0.717) is 5.69 Å². The number of aryl methyl sites for hydroxylation is 1. The molecule has 1 fully saturated rings. The minimum atomic E-state index is -0.280. The summed E-state index contributed by atoms with van der Waals surface area (Å²) in [5.41, 5.74) is 2.16. The van der Waals surface area contributed by atoms with Crippen LogP contribution in [0.4, 0.5) is 4.39 Å². The highest BCUT2D eigenvalue weighted by atomic mass is 19.1. The van der Waals surface area contributed by atoms with E-state index in [1.807, 2.05) is 6.92 Å². The summed E-state index contributed by atoms with van der Waals surface area (Å²) in [6.45, 7) is 1.85. The first-order valence-electron chi connectivity index (χ1n) is 6.74. The van der Waals surface area contributed by atoms with Gasteiger partial charge in [-0.2, -0.15) is 0 Å². The number of hydrogen-bond donors (Lipinski definition) is 2. The van der Waals surface area contributed by atoms with Gasteiger partial charge >= 0.3 is 0 Å². The molecule has 2 aromatic rings. The van der Waals surface area contributed by atoms with Crippen molar-refractivity contribution >= 4 is 16.8 Å². The number of halogens is 1. The predicted molar refractivity (Wildman–Crippen MR) is 72.7 cm³/mol. The molecule has 0 atom stereocenters. The van der Waals surface area contributed by atoms with Crippen LogP contribution in [0.5, 0.6) is 0 Å². The van der Waals surface area contributed by atoms with Crippen LogP contribution in [0.15, 0.2) is 18.2 Å². The van der Waals surface area contributed by atoms with Crippen LogP contribution in [-0.2, 0) is 0 Å². The molecule has 0 radical (unpaired) electrons. The molecule has 0 unspecified atom stereocenters. The van der Waals surface area contributed by atoms with Gasteiger partial charge in [-0.1, -0.05) is 12.8 Å². The first-order valence-corrected chi connectivity index (χ1v) is 6.74. The number of aromatic nitrogens is 1. The molecular weight excluding hydrogens is 243 g/mol. The normalized spacial score (nSPS) is 16.1. The largest absolute Gasteiger partial charge is 0.350 e. The lowest BCUT2D eigenvalue weighted by Crippen LogP contribution is -2.33. The van der Waals surface area contributed by atoms with Crippen LogP contribution in [-0.4, -0.2) is 16.9 Å². The van der Waals surface area contributed by atoms with Crippen LogP contribution >= 0.6 is 0 Å². The molecule has 3 rings (SSSR count). The zero-order valence-corrected chi connectivity index (χ0v) is 10.9. The van der Waals surface area contributed by atoms with Crippen molar-refractivity contribution in [2.24, 2.45) is 0 Å². The number of nitrogens with one attached hydrogen (secondary N) is 2. The van der Waals surface area contributed by atoms with Gasteiger partial charge < -0.3 is 10.3 Å². The van der Waals surface area contributed by atoms with Gasteiger partial charge in [0.1, 0.15) is 11.5 Å². The summed E-state index contributed by atoms with van der Waals surface area (Å²) in [4.78, 5) is 15.3. The molecule has 19 heavy (non-hydrogen) atoms. The number of carbonyl (C=O) groups is 1.